The molecule has 13 nitrogen and oxygen atoms in total. The number of aliphatic imine (C=N–C) groups is 1. The van der Waals surface area contributed by atoms with Crippen molar-refractivity contribution in [3.8, 4) is 11.5 Å². The first-order valence-corrected chi connectivity index (χ1v) is 20.2. The summed E-state index contributed by atoms with van der Waals surface area (Å²) in [6.07, 6.45) is 2.48. The van der Waals surface area contributed by atoms with Crippen molar-refractivity contribution in [1.29, 1.82) is 0 Å². The van der Waals surface area contributed by atoms with Crippen molar-refractivity contribution in [2.75, 3.05) is 73.7 Å². The first-order valence-electron chi connectivity index (χ1n) is 18.0. The smallest absolute Gasteiger partial charge is 0.326 e. The van der Waals surface area contributed by atoms with Gasteiger partial charge in [-0.25, -0.2) is 18.3 Å². The van der Waals surface area contributed by atoms with E-state index < -0.39 is 22.1 Å². The van der Waals surface area contributed by atoms with Crippen molar-refractivity contribution < 1.29 is 32.3 Å². The van der Waals surface area contributed by atoms with Crippen molar-refractivity contribution in [1.82, 2.24) is 24.1 Å². The highest BCUT2D eigenvalue weighted by atomic mass is 35.5. The minimum atomic E-state index is -4.00. The van der Waals surface area contributed by atoms with Gasteiger partial charge in [-0.3, -0.25) is 24.4 Å². The lowest BCUT2D eigenvalue weighted by Gasteiger charge is -2.39. The molecule has 3 heterocycles. The van der Waals surface area contributed by atoms with Gasteiger partial charge in [-0.05, 0) is 61.2 Å². The van der Waals surface area contributed by atoms with Gasteiger partial charge in [0.1, 0.15) is 28.3 Å². The number of benzene rings is 3. The Labute approximate surface area is 327 Å². The fourth-order valence-corrected chi connectivity index (χ4v) is 9.03. The van der Waals surface area contributed by atoms with Crippen LogP contribution < -0.4 is 9.47 Å². The number of methoxy groups -OCH3 is 1. The van der Waals surface area contributed by atoms with E-state index in [9.17, 15) is 13.2 Å². The monoisotopic (exact) mass is 800 g/mol. The zero-order valence-corrected chi connectivity index (χ0v) is 33.2. The summed E-state index contributed by atoms with van der Waals surface area (Å²) < 4.78 is 41.9. The first-order chi connectivity index (χ1) is 26.0. The summed E-state index contributed by atoms with van der Waals surface area (Å²) in [4.78, 5) is 43.3. The van der Waals surface area contributed by atoms with Gasteiger partial charge < -0.3 is 14.4 Å². The molecular formula is C38H46Cl2N6O7S. The predicted octanol–water partition coefficient (Wildman–Crippen LogP) is 5.88. The van der Waals surface area contributed by atoms with Crippen LogP contribution in [0.4, 0.5) is 4.79 Å². The number of nitrogens with zero attached hydrogens (tertiary/aromatic N) is 6. The van der Waals surface area contributed by atoms with Crippen molar-refractivity contribution in [3.63, 3.8) is 0 Å². The number of sulfonamides is 1. The van der Waals surface area contributed by atoms with E-state index in [0.29, 0.717) is 60.6 Å². The fraction of sp³-hybridized carbons (Fsp3) is 0.447. The van der Waals surface area contributed by atoms with Crippen molar-refractivity contribution in [2.45, 2.75) is 43.2 Å². The maximum absolute atomic E-state index is 15.1. The van der Waals surface area contributed by atoms with E-state index in [1.807, 2.05) is 36.1 Å². The standard InChI is InChI=1S/C38H46Cl2N6O7S/c1-5-53-31-24-32(51-3)33(54(49,50)45-17-7-6-8-18-45)23-30(31)37-41-35(26-9-13-28(39)14-10-26)36(27-11-15-29(40)16-12-27)46(37)38(48)44-21-19-43(20-22-44)25-34(47)42(2)52-4/h9-16,23-24,35-36H,5-8,17-22,25H2,1-4H3/t35-,36+/m0/s1. The van der Waals surface area contributed by atoms with Gasteiger partial charge in [0, 0.05) is 62.4 Å². The third-order valence-corrected chi connectivity index (χ3v) is 12.5. The molecule has 3 aliphatic rings. The molecule has 3 aromatic carbocycles. The van der Waals surface area contributed by atoms with Crippen LogP contribution >= 0.6 is 23.2 Å². The number of carbonyl (C=O) groups excluding carboxylic acids is 2. The predicted molar refractivity (Wildman–Crippen MR) is 207 cm³/mol. The molecule has 2 saturated heterocycles. The van der Waals surface area contributed by atoms with Crippen LogP contribution in [0.25, 0.3) is 0 Å². The molecule has 0 unspecified atom stereocenters. The van der Waals surface area contributed by atoms with Gasteiger partial charge in [0.25, 0.3) is 5.91 Å². The van der Waals surface area contributed by atoms with Crippen LogP contribution in [0.3, 0.4) is 0 Å². The van der Waals surface area contributed by atoms with Crippen LogP contribution in [0.15, 0.2) is 70.6 Å². The number of amides is 3. The molecule has 0 spiro atoms. The summed E-state index contributed by atoms with van der Waals surface area (Å²) in [5.74, 6) is 0.511. The summed E-state index contributed by atoms with van der Waals surface area (Å²) in [7, 11) is 0.418. The summed E-state index contributed by atoms with van der Waals surface area (Å²) in [6, 6.07) is 16.1. The molecule has 290 valence electrons. The molecule has 2 fully saturated rings. The minimum absolute atomic E-state index is 0.0299. The molecule has 6 rings (SSSR count). The van der Waals surface area contributed by atoms with Gasteiger partial charge in [-0.15, -0.1) is 0 Å². The van der Waals surface area contributed by atoms with E-state index >= 15 is 4.79 Å². The second kappa shape index (κ2) is 17.3. The number of hydrogen-bond donors (Lipinski definition) is 0. The van der Waals surface area contributed by atoms with Gasteiger partial charge in [-0.1, -0.05) is 53.9 Å². The normalized spacial score (nSPS) is 19.8. The van der Waals surface area contributed by atoms with Crippen LogP contribution in [0, 0.1) is 0 Å². The summed E-state index contributed by atoms with van der Waals surface area (Å²) >= 11 is 12.7. The third-order valence-electron chi connectivity index (χ3n) is 10.1. The van der Waals surface area contributed by atoms with Gasteiger partial charge >= 0.3 is 6.03 Å². The lowest BCUT2D eigenvalue weighted by Crippen LogP contribution is -2.55. The second-order valence-corrected chi connectivity index (χ2v) is 16.1. The Hall–Kier alpha value is -3.92. The molecule has 0 aliphatic carbocycles. The van der Waals surface area contributed by atoms with E-state index in [1.54, 1.807) is 47.2 Å². The molecule has 3 aromatic rings. The topological polar surface area (TPSA) is 125 Å². The van der Waals surface area contributed by atoms with Crippen LogP contribution in [-0.2, 0) is 19.7 Å². The Morgan fingerprint density at radius 1 is 0.852 bits per heavy atom. The van der Waals surface area contributed by atoms with Crippen molar-refractivity contribution in [2.24, 2.45) is 4.99 Å². The van der Waals surface area contributed by atoms with E-state index in [0.717, 1.165) is 30.4 Å². The summed E-state index contributed by atoms with van der Waals surface area (Å²) in [5, 5.41) is 2.26. The van der Waals surface area contributed by atoms with Gasteiger partial charge in [-0.2, -0.15) is 4.31 Å². The number of likely N-dealkylation sites (N-methyl/N-ethyl adjacent to an activating group) is 1. The molecule has 0 N–H and O–H groups in total. The number of piperazine rings is 1. The average Bonchev–Trinajstić information content (AvgIpc) is 3.58. The zero-order valence-electron chi connectivity index (χ0n) is 30.9. The Morgan fingerprint density at radius 3 is 2.04 bits per heavy atom. The fourth-order valence-electron chi connectivity index (χ4n) is 7.09. The maximum Gasteiger partial charge on any atom is 0.326 e. The van der Waals surface area contributed by atoms with E-state index in [1.165, 1.54) is 29.7 Å². The molecule has 0 bridgehead atoms. The lowest BCUT2D eigenvalue weighted by molar-refractivity contribution is -0.170. The summed E-state index contributed by atoms with van der Waals surface area (Å²) in [5.41, 5.74) is 1.90. The number of hydrogen-bond acceptors (Lipinski definition) is 9. The Bertz CT molecular complexity index is 1950. The molecule has 0 saturated carbocycles. The van der Waals surface area contributed by atoms with Gasteiger partial charge in [0.15, 0.2) is 0 Å². The van der Waals surface area contributed by atoms with Crippen LogP contribution in [0.5, 0.6) is 11.5 Å². The van der Waals surface area contributed by atoms with Crippen molar-refractivity contribution >= 4 is 51.0 Å². The quantitative estimate of drug-likeness (QED) is 0.221. The third kappa shape index (κ3) is 8.33. The largest absolute Gasteiger partial charge is 0.495 e. The van der Waals surface area contributed by atoms with E-state index in [2.05, 4.69) is 0 Å². The highest BCUT2D eigenvalue weighted by Crippen LogP contribution is 2.47. The van der Waals surface area contributed by atoms with E-state index in [4.69, 9.17) is 42.5 Å². The molecule has 0 radical (unpaired) electrons. The number of urea groups is 1. The molecule has 16 heteroatoms. The zero-order chi connectivity index (χ0) is 38.6. The minimum Gasteiger partial charge on any atom is -0.495 e. The lowest BCUT2D eigenvalue weighted by atomic mass is 9.93. The number of ether oxygens (including phenoxy) is 2. The Kier molecular flexibility index (Phi) is 12.7. The van der Waals surface area contributed by atoms with Gasteiger partial charge in [0.2, 0.25) is 10.0 Å². The Balaban J connectivity index is 1.49. The Morgan fingerprint density at radius 2 is 1.46 bits per heavy atom. The van der Waals surface area contributed by atoms with Crippen LogP contribution in [-0.4, -0.2) is 124 Å². The molecule has 3 aliphatic heterocycles. The number of halogens is 2. The number of amidine groups is 1. The number of carbonyl (C=O) groups is 2. The van der Waals surface area contributed by atoms with Crippen LogP contribution in [0.1, 0.15) is 55.0 Å². The first kappa shape index (κ1) is 39.8. The summed E-state index contributed by atoms with van der Waals surface area (Å²) in [6.45, 7) is 4.60. The maximum atomic E-state index is 15.1. The molecule has 3 amide bonds. The highest BCUT2D eigenvalue weighted by molar-refractivity contribution is 7.89. The van der Waals surface area contributed by atoms with E-state index in [-0.39, 0.29) is 41.6 Å². The second-order valence-electron chi connectivity index (χ2n) is 13.3. The van der Waals surface area contributed by atoms with Gasteiger partial charge in [0.05, 0.1) is 39.0 Å². The molecule has 0 aromatic heterocycles. The number of rotatable bonds is 11. The molecule has 2 atom stereocenters. The number of piperidine rings is 1. The molecular weight excluding hydrogens is 755 g/mol. The van der Waals surface area contributed by atoms with Crippen LogP contribution in [0.2, 0.25) is 10.0 Å². The SMILES string of the molecule is CCOc1cc(OC)c(S(=O)(=O)N2CCCCC2)cc1C1=N[C@@H](c2ccc(Cl)cc2)[C@@H](c2ccc(Cl)cc2)N1C(=O)N1CCN(CC(=O)N(C)OC)CC1. The average molecular weight is 802 g/mol. The van der Waals surface area contributed by atoms with Crippen molar-refractivity contribution in [3.05, 3.63) is 87.4 Å². The highest BCUT2D eigenvalue weighted by Gasteiger charge is 2.46. The molecule has 54 heavy (non-hydrogen) atoms. The number of hydroxylamine groups is 2.